The van der Waals surface area contributed by atoms with E-state index in [0.29, 0.717) is 6.42 Å². The van der Waals surface area contributed by atoms with Crippen LogP contribution in [0.5, 0.6) is 0 Å². The highest BCUT2D eigenvalue weighted by atomic mass is 35.5. The average molecular weight is 209 g/mol. The topological polar surface area (TPSA) is 65.2 Å². The van der Waals surface area contributed by atoms with Crippen LogP contribution in [0.3, 0.4) is 0 Å². The molecule has 0 saturated carbocycles. The Morgan fingerprint density at radius 3 is 2.08 bits per heavy atom. The molecule has 2 N–H and O–H groups in total. The van der Waals surface area contributed by atoms with Gasteiger partial charge in [-0.2, -0.15) is 0 Å². The highest BCUT2D eigenvalue weighted by molar-refractivity contribution is 6.65. The van der Waals surface area contributed by atoms with Gasteiger partial charge in [0.25, 0.3) is 0 Å². The highest BCUT2D eigenvalue weighted by Crippen LogP contribution is 1.94. The van der Waals surface area contributed by atoms with Gasteiger partial charge in [-0.25, -0.2) is 0 Å². The number of hydrogen-bond donors (Lipinski definition) is 2. The Kier molecular flexibility index (Phi) is 15.6. The van der Waals surface area contributed by atoms with Crippen LogP contribution in [-0.2, 0) is 0 Å². The van der Waals surface area contributed by atoms with E-state index >= 15 is 0 Å². The second-order valence-electron chi connectivity index (χ2n) is 2.31. The van der Waals surface area contributed by atoms with Crippen LogP contribution in [-0.4, -0.2) is 21.8 Å². The molecule has 4 nitrogen and oxygen atoms in total. The molecule has 0 spiro atoms. The molecule has 0 aliphatic heterocycles. The fourth-order valence-electron chi connectivity index (χ4n) is 0.443. The number of halogens is 1. The summed E-state index contributed by atoms with van der Waals surface area (Å²) in [7, 11) is 0. The van der Waals surface area contributed by atoms with Gasteiger partial charge in [0.1, 0.15) is 5.17 Å². The SMILES string of the molecule is CCC/C(Cl)=N/O.CCC/C=N/O. The molecule has 78 valence electrons. The summed E-state index contributed by atoms with van der Waals surface area (Å²) in [5, 5.41) is 21.5. The van der Waals surface area contributed by atoms with E-state index in [1.165, 1.54) is 6.21 Å². The van der Waals surface area contributed by atoms with Crippen LogP contribution >= 0.6 is 11.6 Å². The van der Waals surface area contributed by atoms with Gasteiger partial charge in [0.2, 0.25) is 0 Å². The van der Waals surface area contributed by atoms with E-state index in [2.05, 4.69) is 10.3 Å². The van der Waals surface area contributed by atoms with Crippen molar-refractivity contribution in [1.29, 1.82) is 0 Å². The molecule has 0 aliphatic rings. The Hall–Kier alpha value is -0.770. The number of rotatable bonds is 4. The Balaban J connectivity index is 0. The highest BCUT2D eigenvalue weighted by Gasteiger charge is 1.87. The van der Waals surface area contributed by atoms with Crippen LogP contribution < -0.4 is 0 Å². The molecular weight excluding hydrogens is 192 g/mol. The van der Waals surface area contributed by atoms with Gasteiger partial charge in [-0.3, -0.25) is 0 Å². The summed E-state index contributed by atoms with van der Waals surface area (Å²) >= 11 is 5.27. The molecule has 5 heteroatoms. The minimum Gasteiger partial charge on any atom is -0.411 e. The van der Waals surface area contributed by atoms with Crippen molar-refractivity contribution in [1.82, 2.24) is 0 Å². The van der Waals surface area contributed by atoms with E-state index in [9.17, 15) is 0 Å². The van der Waals surface area contributed by atoms with Gasteiger partial charge >= 0.3 is 0 Å². The van der Waals surface area contributed by atoms with E-state index in [1.54, 1.807) is 0 Å². The molecule has 0 amide bonds. The number of oxime groups is 2. The zero-order valence-corrected chi connectivity index (χ0v) is 8.83. The normalized spacial score (nSPS) is 11.2. The molecule has 0 aromatic carbocycles. The Morgan fingerprint density at radius 1 is 1.31 bits per heavy atom. The van der Waals surface area contributed by atoms with Crippen molar-refractivity contribution in [2.75, 3.05) is 0 Å². The van der Waals surface area contributed by atoms with Crippen molar-refractivity contribution in [2.45, 2.75) is 39.5 Å². The molecular formula is C8H17ClN2O2. The van der Waals surface area contributed by atoms with Crippen LogP contribution in [0, 0.1) is 0 Å². The maximum atomic E-state index is 7.92. The van der Waals surface area contributed by atoms with Gasteiger partial charge in [-0.05, 0) is 12.8 Å². The first-order valence-corrected chi connectivity index (χ1v) is 4.62. The summed E-state index contributed by atoms with van der Waals surface area (Å²) in [5.41, 5.74) is 0. The first-order chi connectivity index (χ1) is 6.22. The van der Waals surface area contributed by atoms with Crippen molar-refractivity contribution in [3.63, 3.8) is 0 Å². The minimum atomic E-state index is 0.280. The smallest absolute Gasteiger partial charge is 0.145 e. The predicted molar refractivity (Wildman–Crippen MR) is 55.2 cm³/mol. The van der Waals surface area contributed by atoms with Crippen LogP contribution in [0.1, 0.15) is 39.5 Å². The van der Waals surface area contributed by atoms with Gasteiger partial charge < -0.3 is 10.4 Å². The van der Waals surface area contributed by atoms with E-state index in [4.69, 9.17) is 22.0 Å². The van der Waals surface area contributed by atoms with E-state index in [1.807, 2.05) is 13.8 Å². The molecule has 0 atom stereocenters. The third kappa shape index (κ3) is 18.3. The maximum Gasteiger partial charge on any atom is 0.145 e. The summed E-state index contributed by atoms with van der Waals surface area (Å²) in [6, 6.07) is 0. The van der Waals surface area contributed by atoms with Gasteiger partial charge in [0.05, 0.1) is 0 Å². The Bertz CT molecular complexity index is 149. The fourth-order valence-corrected chi connectivity index (χ4v) is 0.632. The fraction of sp³-hybridized carbons (Fsp3) is 0.750. The Morgan fingerprint density at radius 2 is 1.92 bits per heavy atom. The Labute approximate surface area is 83.9 Å². The van der Waals surface area contributed by atoms with Crippen LogP contribution in [0.2, 0.25) is 0 Å². The molecule has 0 heterocycles. The average Bonchev–Trinajstić information content (AvgIpc) is 2.16. The molecule has 0 aliphatic carbocycles. The summed E-state index contributed by atoms with van der Waals surface area (Å²) in [4.78, 5) is 0. The lowest BCUT2D eigenvalue weighted by Gasteiger charge is -1.84. The maximum absolute atomic E-state index is 7.92. The van der Waals surface area contributed by atoms with Gasteiger partial charge in [0, 0.05) is 12.6 Å². The van der Waals surface area contributed by atoms with Crippen molar-refractivity contribution in [2.24, 2.45) is 10.3 Å². The summed E-state index contributed by atoms with van der Waals surface area (Å²) in [5.74, 6) is 0. The summed E-state index contributed by atoms with van der Waals surface area (Å²) in [6.45, 7) is 4.00. The number of hydrogen-bond acceptors (Lipinski definition) is 4. The zero-order chi connectivity index (χ0) is 10.5. The molecule has 0 aromatic rings. The van der Waals surface area contributed by atoms with Gasteiger partial charge in [-0.15, -0.1) is 5.16 Å². The quantitative estimate of drug-likeness (QED) is 0.424. The van der Waals surface area contributed by atoms with E-state index < -0.39 is 0 Å². The summed E-state index contributed by atoms with van der Waals surface area (Å²) in [6.07, 6.45) is 4.99. The van der Waals surface area contributed by atoms with Crippen molar-refractivity contribution >= 4 is 23.0 Å². The van der Waals surface area contributed by atoms with Crippen molar-refractivity contribution < 1.29 is 10.4 Å². The molecule has 0 aromatic heterocycles. The molecule has 0 saturated heterocycles. The number of nitrogens with zero attached hydrogens (tertiary/aromatic N) is 2. The summed E-state index contributed by atoms with van der Waals surface area (Å²) < 4.78 is 0. The third-order valence-corrected chi connectivity index (χ3v) is 1.33. The third-order valence-electron chi connectivity index (χ3n) is 1.06. The molecule has 13 heavy (non-hydrogen) atoms. The van der Waals surface area contributed by atoms with Crippen LogP contribution in [0.25, 0.3) is 0 Å². The largest absolute Gasteiger partial charge is 0.411 e. The first kappa shape index (κ1) is 14.7. The minimum absolute atomic E-state index is 0.280. The van der Waals surface area contributed by atoms with Crippen molar-refractivity contribution in [3.05, 3.63) is 0 Å². The van der Waals surface area contributed by atoms with Crippen molar-refractivity contribution in [3.8, 4) is 0 Å². The predicted octanol–water partition coefficient (Wildman–Crippen LogP) is 3.06. The monoisotopic (exact) mass is 208 g/mol. The second kappa shape index (κ2) is 13.8. The lowest BCUT2D eigenvalue weighted by molar-refractivity contribution is 0.319. The zero-order valence-electron chi connectivity index (χ0n) is 8.07. The van der Waals surface area contributed by atoms with Crippen LogP contribution in [0.15, 0.2) is 10.3 Å². The van der Waals surface area contributed by atoms with Gasteiger partial charge in [-0.1, -0.05) is 37.0 Å². The van der Waals surface area contributed by atoms with E-state index in [-0.39, 0.29) is 5.17 Å². The first-order valence-electron chi connectivity index (χ1n) is 4.25. The molecule has 0 radical (unpaired) electrons. The molecule has 0 fully saturated rings. The second-order valence-corrected chi connectivity index (χ2v) is 2.75. The standard InChI is InChI=1S/C4H8ClNO.C4H9NO/c1-2-3-4(5)6-7;1-2-3-4-5-6/h7H,2-3H2,1H3;4,6H,2-3H2,1H3/b6-4-;5-4+. The lowest BCUT2D eigenvalue weighted by atomic mass is 10.4. The van der Waals surface area contributed by atoms with E-state index in [0.717, 1.165) is 19.3 Å². The number of unbranched alkanes of at least 4 members (excludes halogenated alkanes) is 1. The van der Waals surface area contributed by atoms with Gasteiger partial charge in [0.15, 0.2) is 0 Å². The van der Waals surface area contributed by atoms with Crippen LogP contribution in [0.4, 0.5) is 0 Å². The molecule has 0 rings (SSSR count). The lowest BCUT2D eigenvalue weighted by Crippen LogP contribution is -1.82. The molecule has 0 bridgehead atoms. The molecule has 0 unspecified atom stereocenters.